The second-order valence-electron chi connectivity index (χ2n) is 22.7. The molecule has 1 saturated heterocycles. The van der Waals surface area contributed by atoms with Gasteiger partial charge in [-0.15, -0.1) is 0 Å². The third kappa shape index (κ3) is 20.9. The molecule has 0 aliphatic carbocycles. The lowest BCUT2D eigenvalue weighted by Gasteiger charge is -2.31. The maximum atomic E-state index is 14.3. The lowest BCUT2D eigenvalue weighted by Crippen LogP contribution is -2.52. The molecule has 0 saturated carbocycles. The van der Waals surface area contributed by atoms with Crippen molar-refractivity contribution in [3.8, 4) is 11.5 Å². The number of fused-ring (bicyclic) bond motifs is 4. The van der Waals surface area contributed by atoms with E-state index in [9.17, 15) is 47.9 Å². The number of piperazine rings is 1. The fourth-order valence-electron chi connectivity index (χ4n) is 10.5. The number of carbonyl (C=O) groups is 10. The first-order chi connectivity index (χ1) is 44.8. The van der Waals surface area contributed by atoms with E-state index >= 15 is 0 Å². The molecule has 1 fully saturated rings. The van der Waals surface area contributed by atoms with E-state index < -0.39 is 48.0 Å². The number of nitrogens with one attached hydrogen (secondary N) is 8. The quantitative estimate of drug-likeness (QED) is 0.0166. The number of alkyl carbamates (subject to hydrolysis) is 1. The number of imide groups is 1. The molecule has 0 spiro atoms. The van der Waals surface area contributed by atoms with Crippen molar-refractivity contribution < 1.29 is 66.9 Å². The van der Waals surface area contributed by atoms with Crippen molar-refractivity contribution in [1.29, 1.82) is 0 Å². The van der Waals surface area contributed by atoms with Gasteiger partial charge in [-0.25, -0.2) is 14.4 Å². The number of benzene rings is 4. The van der Waals surface area contributed by atoms with Crippen LogP contribution in [-0.4, -0.2) is 196 Å². The Kier molecular flexibility index (Phi) is 27.3. The number of rotatable bonds is 30. The van der Waals surface area contributed by atoms with Gasteiger partial charge < -0.3 is 81.6 Å². The number of H-pyrrole nitrogens is 1. The van der Waals surface area contributed by atoms with E-state index in [1.807, 2.05) is 70.3 Å². The van der Waals surface area contributed by atoms with Crippen molar-refractivity contribution in [1.82, 2.24) is 51.6 Å². The van der Waals surface area contributed by atoms with E-state index in [0.717, 1.165) is 51.6 Å². The van der Waals surface area contributed by atoms with Crippen LogP contribution in [0.5, 0.6) is 11.5 Å². The number of nitrogens with zero attached hydrogens (tertiary/aromatic N) is 4. The maximum Gasteiger partial charge on any atom is 0.415 e. The average molecular weight is 1350 g/mol. The van der Waals surface area contributed by atoms with E-state index in [2.05, 4.69) is 63.0 Å². The fourth-order valence-corrected chi connectivity index (χ4v) is 11.0. The molecule has 3 atom stereocenters. The molecule has 4 heterocycles. The molecular formula is C65H84BrN13O14. The van der Waals surface area contributed by atoms with Gasteiger partial charge in [0.05, 0.1) is 31.5 Å². The van der Waals surface area contributed by atoms with E-state index in [0.29, 0.717) is 98.2 Å². The molecule has 500 valence electrons. The van der Waals surface area contributed by atoms with Gasteiger partial charge in [-0.1, -0.05) is 73.1 Å². The number of hydrogen-bond donors (Lipinski definition) is 9. The summed E-state index contributed by atoms with van der Waals surface area (Å²) in [6, 6.07) is 21.6. The molecule has 8 rings (SSSR count). The average Bonchev–Trinajstić information content (AvgIpc) is 1.73. The van der Waals surface area contributed by atoms with Crippen molar-refractivity contribution in [2.45, 2.75) is 77.5 Å². The third-order valence-electron chi connectivity index (χ3n) is 15.5. The number of primary amides is 1. The Morgan fingerprint density at radius 2 is 1.47 bits per heavy atom. The molecule has 1 aromatic heterocycles. The second kappa shape index (κ2) is 35.6. The van der Waals surface area contributed by atoms with Crippen molar-refractivity contribution in [3.63, 3.8) is 0 Å². The lowest BCUT2D eigenvalue weighted by atomic mass is 9.95. The molecule has 0 unspecified atom stereocenters. The number of nitrogens with two attached hydrogens (primary N) is 1. The summed E-state index contributed by atoms with van der Waals surface area (Å²) >= 11 is 3.68. The number of amides is 11. The molecule has 5 aromatic rings. The zero-order valence-corrected chi connectivity index (χ0v) is 54.7. The number of ether oxygens (including phenoxy) is 4. The zero-order chi connectivity index (χ0) is 67.0. The molecule has 4 aromatic carbocycles. The summed E-state index contributed by atoms with van der Waals surface area (Å²) in [6.45, 7) is 11.1. The van der Waals surface area contributed by atoms with Crippen molar-refractivity contribution in [2.24, 2.45) is 11.7 Å². The van der Waals surface area contributed by atoms with Crippen molar-refractivity contribution in [2.75, 3.05) is 115 Å². The number of alkyl halides is 1. The summed E-state index contributed by atoms with van der Waals surface area (Å²) in [6.07, 6.45) is 3.22. The van der Waals surface area contributed by atoms with Gasteiger partial charge in [0.15, 0.2) is 0 Å². The Morgan fingerprint density at radius 3 is 2.16 bits per heavy atom. The molecule has 28 heteroatoms. The Labute approximate surface area is 548 Å². The number of likely N-dealkylation sites (N-methyl/N-ethyl adjacent to an activating group) is 2. The van der Waals surface area contributed by atoms with Gasteiger partial charge in [0.25, 0.3) is 17.7 Å². The summed E-state index contributed by atoms with van der Waals surface area (Å²) in [5, 5.41) is 22.3. The maximum absolute atomic E-state index is 14.3. The van der Waals surface area contributed by atoms with Crippen LogP contribution in [0.2, 0.25) is 0 Å². The molecule has 93 heavy (non-hydrogen) atoms. The predicted molar refractivity (Wildman–Crippen MR) is 353 cm³/mol. The van der Waals surface area contributed by atoms with Crippen LogP contribution < -0.4 is 57.3 Å². The van der Waals surface area contributed by atoms with Gasteiger partial charge in [-0.05, 0) is 92.2 Å². The largest absolute Gasteiger partial charge is 0.492 e. The second-order valence-corrected chi connectivity index (χ2v) is 23.4. The molecule has 0 bridgehead atoms. The fraction of sp³-hybridized carbons (Fsp3) is 0.446. The van der Waals surface area contributed by atoms with Crippen LogP contribution in [-0.2, 0) is 44.8 Å². The van der Waals surface area contributed by atoms with E-state index in [-0.39, 0.29) is 81.2 Å². The number of urea groups is 1. The highest BCUT2D eigenvalue weighted by Crippen LogP contribution is 2.46. The molecule has 11 amide bonds. The topological polar surface area (TPSA) is 347 Å². The Hall–Kier alpha value is -9.12. The number of aromatic nitrogens is 1. The number of hydrogen-bond acceptors (Lipinski definition) is 16. The van der Waals surface area contributed by atoms with Crippen molar-refractivity contribution in [3.05, 3.63) is 108 Å². The molecule has 3 aliphatic heterocycles. The minimum Gasteiger partial charge on any atom is -0.492 e. The van der Waals surface area contributed by atoms with Crippen molar-refractivity contribution >= 4 is 109 Å². The molecular weight excluding hydrogens is 1270 g/mol. The van der Waals surface area contributed by atoms with Crippen LogP contribution in [0.15, 0.2) is 91.0 Å². The van der Waals surface area contributed by atoms with Gasteiger partial charge in [0.2, 0.25) is 23.6 Å². The molecule has 3 aliphatic rings. The van der Waals surface area contributed by atoms with Crippen LogP contribution in [0.25, 0.3) is 21.7 Å². The SMILES string of the molecule is CCCNC(=O)CCOCCNC(=O)CCN1C(=O)C=CC1=O.CN[C@H](C(=O)N[C@@H](CCCNC(N)=O)C(=O)Nc1ccc(COC(=O)NCCOc2ccc3[nH]c(C(=O)N4C[C@@H](CBr)c5c4cc(OC(=O)N4CCN(C)CC4)c4ccccc54)cc3c2)cc1)C(C)C. The van der Waals surface area contributed by atoms with Gasteiger partial charge in [-0.2, -0.15) is 0 Å². The first-order valence-corrected chi connectivity index (χ1v) is 32.2. The van der Waals surface area contributed by atoms with Gasteiger partial charge in [0, 0.05) is 123 Å². The Balaban J connectivity index is 0.000000450. The van der Waals surface area contributed by atoms with Gasteiger partial charge >= 0.3 is 18.2 Å². The van der Waals surface area contributed by atoms with Crippen LogP contribution in [0.1, 0.15) is 80.4 Å². The van der Waals surface area contributed by atoms with E-state index in [4.69, 9.17) is 24.7 Å². The van der Waals surface area contributed by atoms with E-state index in [1.165, 1.54) is 12.2 Å². The summed E-state index contributed by atoms with van der Waals surface area (Å²) < 4.78 is 22.6. The first-order valence-electron chi connectivity index (χ1n) is 31.1. The smallest absolute Gasteiger partial charge is 0.415 e. The Bertz CT molecular complexity index is 3460. The summed E-state index contributed by atoms with van der Waals surface area (Å²) in [7, 11) is 3.71. The van der Waals surface area contributed by atoms with E-state index in [1.54, 1.807) is 53.2 Å². The number of anilines is 2. The molecule has 27 nitrogen and oxygen atoms in total. The Morgan fingerprint density at radius 1 is 0.774 bits per heavy atom. The number of carbonyl (C=O) groups excluding carboxylic acids is 10. The monoisotopic (exact) mass is 1350 g/mol. The summed E-state index contributed by atoms with van der Waals surface area (Å²) in [5.74, 6) is -1.12. The number of halogens is 1. The minimum absolute atomic E-state index is 0.00974. The van der Waals surface area contributed by atoms with Crippen LogP contribution >= 0.6 is 15.9 Å². The number of aromatic amines is 1. The van der Waals surface area contributed by atoms with Crippen LogP contribution in [0.4, 0.5) is 25.8 Å². The van der Waals surface area contributed by atoms with Crippen LogP contribution in [0.3, 0.4) is 0 Å². The first kappa shape index (κ1) is 71.3. The minimum atomic E-state index is -0.870. The normalized spacial score (nSPS) is 15.0. The summed E-state index contributed by atoms with van der Waals surface area (Å²) in [4.78, 5) is 133. The van der Waals surface area contributed by atoms with Gasteiger partial charge in [-0.3, -0.25) is 38.5 Å². The van der Waals surface area contributed by atoms with Crippen LogP contribution in [0, 0.1) is 5.92 Å². The standard InChI is InChI=1S/C50H61BrN10O9.C15H23N3O5/c1-30(2)44(53-3)46(63)58-39(10-7-17-54-48(52)65)45(62)56-34-13-11-31(12-14-34)29-69-49(66)55-18-23-68-35-15-16-38-32(24-35)25-40(57-38)47(64)61-28-33(27-51)43-37-9-6-5-8-36(37)42(26-41(43)61)70-50(67)60-21-19-59(4)20-22-60;1-2-7-16-13(20)6-10-23-11-8-17-12(19)5-9-18-14(21)3-4-15(18)22/h5-6,8-9,11-16,24-26,30,33,39,44,53,57H,7,10,17-23,27-29H2,1-4H3,(H,55,66)(H,56,62)(H,58,63)(H3,52,54,65);3-4H,2,5-11H2,1H3,(H,16,20)(H,17,19)/t33-,39+,44+;/m1./s1. The lowest BCUT2D eigenvalue weighted by molar-refractivity contribution is -0.137. The highest BCUT2D eigenvalue weighted by molar-refractivity contribution is 9.09. The van der Waals surface area contributed by atoms with Gasteiger partial charge in [0.1, 0.15) is 36.4 Å². The third-order valence-corrected chi connectivity index (χ3v) is 16.3. The molecule has 10 N–H and O–H groups in total. The zero-order valence-electron chi connectivity index (χ0n) is 53.1. The highest BCUT2D eigenvalue weighted by atomic mass is 79.9. The summed E-state index contributed by atoms with van der Waals surface area (Å²) in [5.41, 5.74) is 9.17. The molecule has 0 radical (unpaired) electrons. The highest BCUT2D eigenvalue weighted by Gasteiger charge is 2.36. The predicted octanol–water partition coefficient (Wildman–Crippen LogP) is 4.98.